The Labute approximate surface area is 165 Å². The lowest BCUT2D eigenvalue weighted by Gasteiger charge is -2.22. The van der Waals surface area contributed by atoms with Crippen molar-refractivity contribution >= 4 is 23.3 Å². The van der Waals surface area contributed by atoms with E-state index in [9.17, 15) is 9.59 Å². The summed E-state index contributed by atoms with van der Waals surface area (Å²) in [6.45, 7) is 2.03. The average Bonchev–Trinajstić information content (AvgIpc) is 3.02. The second-order valence-electron chi connectivity index (χ2n) is 6.80. The molecule has 0 spiro atoms. The van der Waals surface area contributed by atoms with Crippen molar-refractivity contribution in [1.82, 2.24) is 0 Å². The van der Waals surface area contributed by atoms with Gasteiger partial charge in [-0.2, -0.15) is 0 Å². The van der Waals surface area contributed by atoms with Crippen LogP contribution in [0.25, 0.3) is 0 Å². The highest BCUT2D eigenvalue weighted by Gasteiger charge is 2.11. The van der Waals surface area contributed by atoms with Crippen LogP contribution in [0.2, 0.25) is 0 Å². The third kappa shape index (κ3) is 5.49. The van der Waals surface area contributed by atoms with Gasteiger partial charge in [0.1, 0.15) is 5.75 Å². The van der Waals surface area contributed by atoms with Crippen LogP contribution in [0.5, 0.6) is 5.75 Å². The van der Waals surface area contributed by atoms with Gasteiger partial charge in [0.05, 0.1) is 12.7 Å². The zero-order valence-corrected chi connectivity index (χ0v) is 16.1. The normalized spacial score (nSPS) is 14.1. The van der Waals surface area contributed by atoms with Crippen LogP contribution in [-0.4, -0.2) is 38.7 Å². The SMILES string of the molecule is COC(=O)c1cccc(OCC(=O)Nc2ccc(N3CCCCCC3)cc2)c1. The van der Waals surface area contributed by atoms with Gasteiger partial charge >= 0.3 is 5.97 Å². The Morgan fingerprint density at radius 1 is 1.00 bits per heavy atom. The molecule has 28 heavy (non-hydrogen) atoms. The fourth-order valence-corrected chi connectivity index (χ4v) is 3.26. The van der Waals surface area contributed by atoms with Gasteiger partial charge in [-0.25, -0.2) is 4.79 Å². The van der Waals surface area contributed by atoms with Crippen molar-refractivity contribution < 1.29 is 19.1 Å². The van der Waals surface area contributed by atoms with Gasteiger partial charge in [-0.05, 0) is 55.3 Å². The molecule has 1 amide bonds. The molecule has 1 heterocycles. The largest absolute Gasteiger partial charge is 0.484 e. The Hall–Kier alpha value is -3.02. The highest BCUT2D eigenvalue weighted by molar-refractivity contribution is 5.92. The van der Waals surface area contributed by atoms with Gasteiger partial charge in [-0.3, -0.25) is 4.79 Å². The number of amides is 1. The Morgan fingerprint density at radius 3 is 2.39 bits per heavy atom. The van der Waals surface area contributed by atoms with Crippen molar-refractivity contribution in [2.75, 3.05) is 37.0 Å². The quantitative estimate of drug-likeness (QED) is 0.768. The number of ether oxygens (including phenoxy) is 2. The number of nitrogens with one attached hydrogen (secondary N) is 1. The first-order valence-electron chi connectivity index (χ1n) is 9.62. The Balaban J connectivity index is 1.51. The highest BCUT2D eigenvalue weighted by atomic mass is 16.5. The summed E-state index contributed by atoms with van der Waals surface area (Å²) in [5, 5.41) is 2.83. The number of methoxy groups -OCH3 is 1. The van der Waals surface area contributed by atoms with Crippen LogP contribution >= 0.6 is 0 Å². The predicted molar refractivity (Wildman–Crippen MR) is 109 cm³/mol. The predicted octanol–water partition coefficient (Wildman–Crippen LogP) is 3.87. The fraction of sp³-hybridized carbons (Fsp3) is 0.364. The molecule has 1 fully saturated rings. The van der Waals surface area contributed by atoms with Crippen molar-refractivity contribution in [1.29, 1.82) is 0 Å². The summed E-state index contributed by atoms with van der Waals surface area (Å²) in [5.74, 6) is -0.264. The Bertz CT molecular complexity index is 796. The summed E-state index contributed by atoms with van der Waals surface area (Å²) in [6.07, 6.45) is 5.06. The first kappa shape index (κ1) is 19.7. The average molecular weight is 382 g/mol. The monoisotopic (exact) mass is 382 g/mol. The fourth-order valence-electron chi connectivity index (χ4n) is 3.26. The van der Waals surface area contributed by atoms with E-state index in [4.69, 9.17) is 4.74 Å². The van der Waals surface area contributed by atoms with Gasteiger partial charge in [-0.1, -0.05) is 18.9 Å². The van der Waals surface area contributed by atoms with Gasteiger partial charge in [0.2, 0.25) is 0 Å². The minimum atomic E-state index is -0.445. The Morgan fingerprint density at radius 2 is 1.71 bits per heavy atom. The molecule has 1 saturated heterocycles. The zero-order valence-electron chi connectivity index (χ0n) is 16.1. The number of carbonyl (C=O) groups is 2. The van der Waals surface area contributed by atoms with E-state index >= 15 is 0 Å². The topological polar surface area (TPSA) is 67.9 Å². The summed E-state index contributed by atoms with van der Waals surface area (Å²) < 4.78 is 10.2. The molecule has 148 valence electrons. The summed E-state index contributed by atoms with van der Waals surface area (Å²) in [5.41, 5.74) is 2.30. The summed E-state index contributed by atoms with van der Waals surface area (Å²) in [7, 11) is 1.32. The number of nitrogens with zero attached hydrogens (tertiary/aromatic N) is 1. The van der Waals surface area contributed by atoms with Crippen LogP contribution in [0.15, 0.2) is 48.5 Å². The molecule has 0 unspecified atom stereocenters. The first-order valence-corrected chi connectivity index (χ1v) is 9.62. The molecule has 6 heteroatoms. The maximum absolute atomic E-state index is 12.2. The van der Waals surface area contributed by atoms with Crippen LogP contribution in [0.1, 0.15) is 36.0 Å². The van der Waals surface area contributed by atoms with Crippen molar-refractivity contribution in [2.24, 2.45) is 0 Å². The van der Waals surface area contributed by atoms with E-state index in [1.807, 2.05) is 24.3 Å². The van der Waals surface area contributed by atoms with E-state index < -0.39 is 5.97 Å². The number of hydrogen-bond donors (Lipinski definition) is 1. The van der Waals surface area contributed by atoms with Crippen LogP contribution in [0.4, 0.5) is 11.4 Å². The zero-order chi connectivity index (χ0) is 19.8. The molecule has 0 radical (unpaired) electrons. The minimum Gasteiger partial charge on any atom is -0.484 e. The molecular weight excluding hydrogens is 356 g/mol. The number of hydrogen-bond acceptors (Lipinski definition) is 5. The summed E-state index contributed by atoms with van der Waals surface area (Å²) in [4.78, 5) is 26.1. The lowest BCUT2D eigenvalue weighted by molar-refractivity contribution is -0.118. The second-order valence-corrected chi connectivity index (χ2v) is 6.80. The number of benzene rings is 2. The lowest BCUT2D eigenvalue weighted by atomic mass is 10.2. The van der Waals surface area contributed by atoms with E-state index in [-0.39, 0.29) is 12.5 Å². The first-order chi connectivity index (χ1) is 13.7. The molecule has 0 atom stereocenters. The highest BCUT2D eigenvalue weighted by Crippen LogP contribution is 2.21. The van der Waals surface area contributed by atoms with Crippen LogP contribution < -0.4 is 15.0 Å². The molecular formula is C22H26N2O4. The lowest BCUT2D eigenvalue weighted by Crippen LogP contribution is -2.24. The molecule has 0 aromatic heterocycles. The van der Waals surface area contributed by atoms with E-state index in [0.29, 0.717) is 11.3 Å². The van der Waals surface area contributed by atoms with E-state index in [1.54, 1.807) is 24.3 Å². The number of anilines is 2. The number of rotatable bonds is 6. The van der Waals surface area contributed by atoms with Gasteiger partial charge in [0.15, 0.2) is 6.61 Å². The van der Waals surface area contributed by atoms with Gasteiger partial charge in [0.25, 0.3) is 5.91 Å². The summed E-state index contributed by atoms with van der Waals surface area (Å²) >= 11 is 0. The molecule has 2 aromatic rings. The van der Waals surface area contributed by atoms with Crippen molar-refractivity contribution in [3.63, 3.8) is 0 Å². The van der Waals surface area contributed by atoms with E-state index in [1.165, 1.54) is 38.5 Å². The molecule has 1 aliphatic heterocycles. The van der Waals surface area contributed by atoms with Crippen molar-refractivity contribution in [3.05, 3.63) is 54.1 Å². The smallest absolute Gasteiger partial charge is 0.337 e. The third-order valence-corrected chi connectivity index (χ3v) is 4.75. The molecule has 1 aliphatic rings. The van der Waals surface area contributed by atoms with Crippen molar-refractivity contribution in [2.45, 2.75) is 25.7 Å². The van der Waals surface area contributed by atoms with Gasteiger partial charge < -0.3 is 19.7 Å². The van der Waals surface area contributed by atoms with E-state index in [0.717, 1.165) is 18.8 Å². The maximum Gasteiger partial charge on any atom is 0.337 e. The second kappa shape index (κ2) is 9.78. The molecule has 0 aliphatic carbocycles. The van der Waals surface area contributed by atoms with Gasteiger partial charge in [0, 0.05) is 24.5 Å². The van der Waals surface area contributed by atoms with Crippen LogP contribution in [0, 0.1) is 0 Å². The molecule has 2 aromatic carbocycles. The molecule has 1 N–H and O–H groups in total. The number of carbonyl (C=O) groups excluding carboxylic acids is 2. The van der Waals surface area contributed by atoms with Crippen molar-refractivity contribution in [3.8, 4) is 5.75 Å². The molecule has 3 rings (SSSR count). The van der Waals surface area contributed by atoms with Crippen LogP contribution in [0.3, 0.4) is 0 Å². The van der Waals surface area contributed by atoms with E-state index in [2.05, 4.69) is 15.0 Å². The molecule has 6 nitrogen and oxygen atoms in total. The molecule has 0 bridgehead atoms. The third-order valence-electron chi connectivity index (χ3n) is 4.75. The van der Waals surface area contributed by atoms with Crippen LogP contribution in [-0.2, 0) is 9.53 Å². The standard InChI is InChI=1S/C22H26N2O4/c1-27-22(26)17-7-6-8-20(15-17)28-16-21(25)23-18-9-11-19(12-10-18)24-13-4-2-3-5-14-24/h6-12,15H,2-5,13-14,16H2,1H3,(H,23,25). The Kier molecular flexibility index (Phi) is 6.89. The maximum atomic E-state index is 12.2. The molecule has 0 saturated carbocycles. The van der Waals surface area contributed by atoms with Gasteiger partial charge in [-0.15, -0.1) is 0 Å². The minimum absolute atomic E-state index is 0.140. The number of esters is 1. The summed E-state index contributed by atoms with van der Waals surface area (Å²) in [6, 6.07) is 14.5.